The van der Waals surface area contributed by atoms with Gasteiger partial charge in [0.1, 0.15) is 17.7 Å². The second-order valence-corrected chi connectivity index (χ2v) is 6.12. The molecule has 1 unspecified atom stereocenters. The van der Waals surface area contributed by atoms with Crippen molar-refractivity contribution < 1.29 is 9.53 Å². The number of alkyl carbamates (subject to hydrolysis) is 1. The fraction of sp³-hybridized carbons (Fsp3) is 0.571. The van der Waals surface area contributed by atoms with E-state index in [1.165, 1.54) is 0 Å². The van der Waals surface area contributed by atoms with Crippen LogP contribution in [0, 0.1) is 0 Å². The summed E-state index contributed by atoms with van der Waals surface area (Å²) in [6.07, 6.45) is 1.90. The van der Waals surface area contributed by atoms with Crippen molar-refractivity contribution in [1.82, 2.24) is 25.1 Å². The summed E-state index contributed by atoms with van der Waals surface area (Å²) in [7, 11) is 0. The lowest BCUT2D eigenvalue weighted by atomic mass is 10.2. The largest absolute Gasteiger partial charge is 0.444 e. The molecule has 0 aliphatic heterocycles. The van der Waals surface area contributed by atoms with Gasteiger partial charge in [0.05, 0.1) is 0 Å². The highest BCUT2D eigenvalue weighted by molar-refractivity contribution is 5.68. The number of fused-ring (bicyclic) bond motifs is 1. The van der Waals surface area contributed by atoms with Crippen LogP contribution in [0.1, 0.15) is 34.1 Å². The van der Waals surface area contributed by atoms with E-state index >= 15 is 0 Å². The Morgan fingerprint density at radius 2 is 2.18 bits per heavy atom. The summed E-state index contributed by atoms with van der Waals surface area (Å²) in [6, 6.07) is 3.68. The number of hydrogen-bond acceptors (Lipinski definition) is 6. The maximum Gasteiger partial charge on any atom is 0.407 e. The van der Waals surface area contributed by atoms with Crippen molar-refractivity contribution in [3.63, 3.8) is 0 Å². The number of amides is 1. The predicted octanol–water partition coefficient (Wildman–Crippen LogP) is 1.84. The van der Waals surface area contributed by atoms with Crippen molar-refractivity contribution in [2.45, 2.75) is 45.8 Å². The average Bonchev–Trinajstić information content (AvgIpc) is 2.83. The summed E-state index contributed by atoms with van der Waals surface area (Å²) in [4.78, 5) is 11.6. The van der Waals surface area contributed by atoms with E-state index < -0.39 is 11.7 Å². The lowest BCUT2D eigenvalue weighted by Gasteiger charge is -2.22. The first-order chi connectivity index (χ1) is 10.3. The Morgan fingerprint density at radius 3 is 2.91 bits per heavy atom. The smallest absolute Gasteiger partial charge is 0.407 e. The summed E-state index contributed by atoms with van der Waals surface area (Å²) < 4.78 is 6.81. The Kier molecular flexibility index (Phi) is 4.79. The van der Waals surface area contributed by atoms with Crippen LogP contribution in [0.25, 0.3) is 5.65 Å². The second kappa shape index (κ2) is 6.59. The normalized spacial score (nSPS) is 12.9. The van der Waals surface area contributed by atoms with Crippen LogP contribution in [0.4, 0.5) is 10.6 Å². The molecule has 0 spiro atoms. The van der Waals surface area contributed by atoms with Crippen LogP contribution in [-0.2, 0) is 4.74 Å². The number of ether oxygens (including phenoxy) is 1. The SMILES string of the molecule is CC(CCNc1ccc2nncn2n1)NC(=O)OC(C)(C)C. The van der Waals surface area contributed by atoms with Gasteiger partial charge in [-0.25, -0.2) is 4.79 Å². The highest BCUT2D eigenvalue weighted by Crippen LogP contribution is 2.08. The van der Waals surface area contributed by atoms with E-state index in [0.717, 1.165) is 12.2 Å². The fourth-order valence-corrected chi connectivity index (χ4v) is 1.82. The molecule has 22 heavy (non-hydrogen) atoms. The third-order valence-corrected chi connectivity index (χ3v) is 2.81. The van der Waals surface area contributed by atoms with E-state index in [-0.39, 0.29) is 6.04 Å². The van der Waals surface area contributed by atoms with Crippen molar-refractivity contribution in [3.05, 3.63) is 18.5 Å². The van der Waals surface area contributed by atoms with Crippen LogP contribution in [0.15, 0.2) is 18.5 Å². The number of carbonyl (C=O) groups excluding carboxylic acids is 1. The minimum absolute atomic E-state index is 0.000919. The van der Waals surface area contributed by atoms with Crippen LogP contribution in [0.5, 0.6) is 0 Å². The van der Waals surface area contributed by atoms with Gasteiger partial charge in [0, 0.05) is 12.6 Å². The molecule has 0 aliphatic rings. The molecule has 0 aromatic carbocycles. The number of anilines is 1. The predicted molar refractivity (Wildman–Crippen MR) is 82.7 cm³/mol. The zero-order chi connectivity index (χ0) is 16.2. The molecule has 2 rings (SSSR count). The maximum atomic E-state index is 11.6. The molecule has 2 aromatic heterocycles. The molecule has 0 fully saturated rings. The lowest BCUT2D eigenvalue weighted by Crippen LogP contribution is -2.38. The molecule has 2 aromatic rings. The minimum Gasteiger partial charge on any atom is -0.444 e. The minimum atomic E-state index is -0.486. The summed E-state index contributed by atoms with van der Waals surface area (Å²) in [6.45, 7) is 8.13. The molecule has 1 amide bonds. The summed E-state index contributed by atoms with van der Waals surface area (Å²) in [5, 5.41) is 18.0. The van der Waals surface area contributed by atoms with Gasteiger partial charge in [-0.2, -0.15) is 4.52 Å². The molecule has 0 bridgehead atoms. The highest BCUT2D eigenvalue weighted by atomic mass is 16.6. The Balaban J connectivity index is 1.74. The standard InChI is InChI=1S/C14H22N6O2/c1-10(17-13(21)22-14(2,3)4)7-8-15-11-5-6-12-18-16-9-20(12)19-11/h5-6,9-10H,7-8H2,1-4H3,(H,15,19)(H,17,21). The van der Waals surface area contributed by atoms with Gasteiger partial charge in [-0.3, -0.25) is 0 Å². The first-order valence-electron chi connectivity index (χ1n) is 7.24. The quantitative estimate of drug-likeness (QED) is 0.875. The third kappa shape index (κ3) is 4.87. The maximum absolute atomic E-state index is 11.6. The molecule has 1 atom stereocenters. The van der Waals surface area contributed by atoms with E-state index in [2.05, 4.69) is 25.9 Å². The number of hydrogen-bond donors (Lipinski definition) is 2. The fourth-order valence-electron chi connectivity index (χ4n) is 1.82. The first kappa shape index (κ1) is 16.0. The van der Waals surface area contributed by atoms with Crippen LogP contribution < -0.4 is 10.6 Å². The van der Waals surface area contributed by atoms with Crippen LogP contribution in [0.3, 0.4) is 0 Å². The summed E-state index contributed by atoms with van der Waals surface area (Å²) >= 11 is 0. The van der Waals surface area contributed by atoms with E-state index in [4.69, 9.17) is 4.74 Å². The summed E-state index contributed by atoms with van der Waals surface area (Å²) in [5.74, 6) is 0.733. The topological polar surface area (TPSA) is 93.4 Å². The zero-order valence-corrected chi connectivity index (χ0v) is 13.3. The van der Waals surface area contributed by atoms with Gasteiger partial charge < -0.3 is 15.4 Å². The molecule has 8 nitrogen and oxygen atoms in total. The van der Waals surface area contributed by atoms with Gasteiger partial charge in [-0.15, -0.1) is 15.3 Å². The molecular weight excluding hydrogens is 284 g/mol. The number of carbonyl (C=O) groups is 1. The van der Waals surface area contributed by atoms with Crippen molar-refractivity contribution in [2.24, 2.45) is 0 Å². The van der Waals surface area contributed by atoms with Gasteiger partial charge in [-0.05, 0) is 46.2 Å². The van der Waals surface area contributed by atoms with E-state index in [9.17, 15) is 4.79 Å². The molecule has 2 heterocycles. The Hall–Kier alpha value is -2.38. The number of nitrogens with zero attached hydrogens (tertiary/aromatic N) is 4. The van der Waals surface area contributed by atoms with Crippen molar-refractivity contribution in [2.75, 3.05) is 11.9 Å². The van der Waals surface area contributed by atoms with Crippen molar-refractivity contribution in [3.8, 4) is 0 Å². The zero-order valence-electron chi connectivity index (χ0n) is 13.3. The third-order valence-electron chi connectivity index (χ3n) is 2.81. The van der Waals surface area contributed by atoms with Crippen LogP contribution in [0.2, 0.25) is 0 Å². The van der Waals surface area contributed by atoms with Gasteiger partial charge in [0.2, 0.25) is 0 Å². The van der Waals surface area contributed by atoms with Gasteiger partial charge in [-0.1, -0.05) is 0 Å². The molecule has 8 heteroatoms. The Bertz CT molecular complexity index is 634. The molecular formula is C14H22N6O2. The molecule has 120 valence electrons. The van der Waals surface area contributed by atoms with Crippen molar-refractivity contribution in [1.29, 1.82) is 0 Å². The van der Waals surface area contributed by atoms with Gasteiger partial charge in [0.25, 0.3) is 0 Å². The number of nitrogens with one attached hydrogen (secondary N) is 2. The first-order valence-corrected chi connectivity index (χ1v) is 7.24. The number of rotatable bonds is 5. The summed E-state index contributed by atoms with van der Waals surface area (Å²) in [5.41, 5.74) is 0.214. The van der Waals surface area contributed by atoms with E-state index in [1.54, 1.807) is 10.8 Å². The average molecular weight is 306 g/mol. The number of aromatic nitrogens is 4. The van der Waals surface area contributed by atoms with Crippen LogP contribution >= 0.6 is 0 Å². The van der Waals surface area contributed by atoms with Crippen LogP contribution in [-0.4, -0.2) is 44.1 Å². The van der Waals surface area contributed by atoms with Gasteiger partial charge >= 0.3 is 6.09 Å². The van der Waals surface area contributed by atoms with E-state index in [1.807, 2.05) is 39.8 Å². The monoisotopic (exact) mass is 306 g/mol. The Morgan fingerprint density at radius 1 is 1.41 bits per heavy atom. The molecule has 0 radical (unpaired) electrons. The molecule has 0 saturated carbocycles. The highest BCUT2D eigenvalue weighted by Gasteiger charge is 2.17. The lowest BCUT2D eigenvalue weighted by molar-refractivity contribution is 0.0507. The molecule has 0 saturated heterocycles. The molecule has 0 aliphatic carbocycles. The van der Waals surface area contributed by atoms with Crippen molar-refractivity contribution >= 4 is 17.6 Å². The molecule has 2 N–H and O–H groups in total. The van der Waals surface area contributed by atoms with Gasteiger partial charge in [0.15, 0.2) is 5.65 Å². The second-order valence-electron chi connectivity index (χ2n) is 6.12. The Labute approximate surface area is 129 Å². The van der Waals surface area contributed by atoms with E-state index in [0.29, 0.717) is 12.2 Å².